The van der Waals surface area contributed by atoms with Crippen LogP contribution in [0.1, 0.15) is 54.8 Å². The average molecular weight is 615 g/mol. The summed E-state index contributed by atoms with van der Waals surface area (Å²) in [7, 11) is 2.22. The van der Waals surface area contributed by atoms with Crippen molar-refractivity contribution < 1.29 is 32.4 Å². The average Bonchev–Trinajstić information content (AvgIpc) is 3.64. The van der Waals surface area contributed by atoms with Crippen LogP contribution in [0, 0.1) is 6.92 Å². The van der Waals surface area contributed by atoms with Gasteiger partial charge < -0.3 is 19.8 Å². The third-order valence-electron chi connectivity index (χ3n) is 7.88. The number of carbonyl (C=O) groups excluding carboxylic acids is 1. The minimum atomic E-state index is -5.08. The molecule has 3 fully saturated rings. The number of aliphatic carboxylic acids is 1. The largest absolute Gasteiger partial charge is 0.490 e. The molecule has 2 unspecified atom stereocenters. The van der Waals surface area contributed by atoms with Crippen LogP contribution in [0.2, 0.25) is 0 Å². The third kappa shape index (κ3) is 6.37. The number of nitrogens with zero attached hydrogens (tertiary/aromatic N) is 7. The van der Waals surface area contributed by atoms with Crippen LogP contribution in [0.4, 0.5) is 18.9 Å². The number of anilines is 1. The van der Waals surface area contributed by atoms with Gasteiger partial charge in [-0.15, -0.1) is 0 Å². The molecule has 0 radical (unpaired) electrons. The SMILES string of the molecule is Cc1cc(-c2ncnn3cc(N4CC5CC(C4)N5C)cc23)ccc1CNC(=O)c1noc(C(C)(C)C)n1.O=C(O)C(F)(F)F. The maximum Gasteiger partial charge on any atom is 0.490 e. The Kier molecular flexibility index (Phi) is 8.09. The minimum absolute atomic E-state index is 0.0456. The first-order valence-corrected chi connectivity index (χ1v) is 13.9. The molecule has 1 aromatic carbocycles. The molecule has 12 nitrogen and oxygen atoms in total. The Morgan fingerprint density at radius 3 is 2.39 bits per heavy atom. The lowest BCUT2D eigenvalue weighted by Gasteiger charge is -2.55. The molecule has 0 aliphatic carbocycles. The third-order valence-corrected chi connectivity index (χ3v) is 7.88. The number of carboxylic acids is 1. The summed E-state index contributed by atoms with van der Waals surface area (Å²) in [6.45, 7) is 10.4. The zero-order valence-electron chi connectivity index (χ0n) is 24.9. The number of halogens is 3. The number of fused-ring (bicyclic) bond motifs is 3. The van der Waals surface area contributed by atoms with Crippen LogP contribution in [-0.4, -0.2) is 85.0 Å². The van der Waals surface area contributed by atoms with Crippen LogP contribution in [0.25, 0.3) is 16.8 Å². The molecular weight excluding hydrogens is 581 g/mol. The van der Waals surface area contributed by atoms with E-state index in [9.17, 15) is 18.0 Å². The maximum atomic E-state index is 12.6. The Hall–Kier alpha value is -4.53. The maximum absolute atomic E-state index is 12.6. The molecular formula is C29H33F3N8O4. The first-order chi connectivity index (χ1) is 20.6. The molecule has 3 aliphatic heterocycles. The molecule has 3 aromatic heterocycles. The lowest BCUT2D eigenvalue weighted by Crippen LogP contribution is -2.67. The van der Waals surface area contributed by atoms with Gasteiger partial charge in [0.25, 0.3) is 11.7 Å². The van der Waals surface area contributed by atoms with E-state index in [4.69, 9.17) is 14.4 Å². The second kappa shape index (κ2) is 11.5. The quantitative estimate of drug-likeness (QED) is 0.341. The fourth-order valence-corrected chi connectivity index (χ4v) is 5.24. The highest BCUT2D eigenvalue weighted by atomic mass is 19.4. The van der Waals surface area contributed by atoms with E-state index in [1.54, 1.807) is 6.33 Å². The number of carbonyl (C=O) groups is 2. The molecule has 2 atom stereocenters. The van der Waals surface area contributed by atoms with Gasteiger partial charge in [-0.1, -0.05) is 38.1 Å². The molecule has 44 heavy (non-hydrogen) atoms. The van der Waals surface area contributed by atoms with Crippen LogP contribution in [-0.2, 0) is 16.8 Å². The van der Waals surface area contributed by atoms with Crippen molar-refractivity contribution in [3.8, 4) is 11.3 Å². The van der Waals surface area contributed by atoms with E-state index in [1.165, 1.54) is 12.1 Å². The van der Waals surface area contributed by atoms with Gasteiger partial charge in [0.15, 0.2) is 0 Å². The number of benzene rings is 1. The highest BCUT2D eigenvalue weighted by molar-refractivity contribution is 5.90. The summed E-state index contributed by atoms with van der Waals surface area (Å²) in [4.78, 5) is 35.2. The van der Waals surface area contributed by atoms with E-state index >= 15 is 0 Å². The number of alkyl halides is 3. The molecule has 1 amide bonds. The fourth-order valence-electron chi connectivity index (χ4n) is 5.24. The van der Waals surface area contributed by atoms with Crippen LogP contribution in [0.15, 0.2) is 41.3 Å². The summed E-state index contributed by atoms with van der Waals surface area (Å²) in [5.41, 5.74) is 5.84. The van der Waals surface area contributed by atoms with E-state index in [0.717, 1.165) is 41.0 Å². The monoisotopic (exact) mass is 614 g/mol. The Balaban J connectivity index is 0.000000493. The van der Waals surface area contributed by atoms with E-state index in [0.29, 0.717) is 24.5 Å². The number of carboxylic acid groups (broad SMARTS) is 1. The van der Waals surface area contributed by atoms with Crippen molar-refractivity contribution in [1.29, 1.82) is 0 Å². The highest BCUT2D eigenvalue weighted by Crippen LogP contribution is 2.35. The number of piperidine rings is 1. The van der Waals surface area contributed by atoms with Gasteiger partial charge >= 0.3 is 12.1 Å². The van der Waals surface area contributed by atoms with Gasteiger partial charge in [-0.3, -0.25) is 9.69 Å². The molecule has 0 saturated carbocycles. The normalized spacial score (nSPS) is 18.4. The molecule has 3 saturated heterocycles. The van der Waals surface area contributed by atoms with E-state index < -0.39 is 12.1 Å². The van der Waals surface area contributed by atoms with Gasteiger partial charge in [-0.2, -0.15) is 23.3 Å². The molecule has 6 heterocycles. The lowest BCUT2D eigenvalue weighted by molar-refractivity contribution is -0.192. The number of hydrogen-bond donors (Lipinski definition) is 2. The first-order valence-electron chi connectivity index (χ1n) is 13.9. The molecule has 2 bridgehead atoms. The molecule has 3 aliphatic rings. The van der Waals surface area contributed by atoms with Crippen LogP contribution < -0.4 is 10.2 Å². The predicted molar refractivity (Wildman–Crippen MR) is 153 cm³/mol. The van der Waals surface area contributed by atoms with E-state index in [1.807, 2.05) is 44.3 Å². The smallest absolute Gasteiger partial charge is 0.475 e. The van der Waals surface area contributed by atoms with E-state index in [2.05, 4.69) is 60.7 Å². The minimum Gasteiger partial charge on any atom is -0.475 e. The fraction of sp³-hybridized carbons (Fsp3) is 0.448. The van der Waals surface area contributed by atoms with Crippen LogP contribution in [0.3, 0.4) is 0 Å². The number of aryl methyl sites for hydroxylation is 1. The van der Waals surface area contributed by atoms with Crippen molar-refractivity contribution >= 4 is 23.1 Å². The second-order valence-corrected chi connectivity index (χ2v) is 12.1. The molecule has 4 aromatic rings. The van der Waals surface area contributed by atoms with Gasteiger partial charge in [0.2, 0.25) is 5.89 Å². The Bertz CT molecular complexity index is 1680. The van der Waals surface area contributed by atoms with E-state index in [-0.39, 0.29) is 17.1 Å². The Labute approximate surface area is 250 Å². The summed E-state index contributed by atoms with van der Waals surface area (Å²) >= 11 is 0. The number of piperazine rings is 1. The number of likely N-dealkylation sites (N-methyl/N-ethyl adjacent to an activating group) is 1. The number of amides is 1. The van der Waals surface area contributed by atoms with Crippen molar-refractivity contribution in [3.63, 3.8) is 0 Å². The molecule has 234 valence electrons. The highest BCUT2D eigenvalue weighted by Gasteiger charge is 2.42. The van der Waals surface area contributed by atoms with Gasteiger partial charge in [0, 0.05) is 42.7 Å². The second-order valence-electron chi connectivity index (χ2n) is 12.1. The predicted octanol–water partition coefficient (Wildman–Crippen LogP) is 3.84. The van der Waals surface area contributed by atoms with Crippen LogP contribution in [0.5, 0.6) is 0 Å². The summed E-state index contributed by atoms with van der Waals surface area (Å²) < 4.78 is 38.9. The van der Waals surface area contributed by atoms with Crippen molar-refractivity contribution in [3.05, 3.63) is 59.6 Å². The van der Waals surface area contributed by atoms with Crippen molar-refractivity contribution in [2.75, 3.05) is 25.0 Å². The van der Waals surface area contributed by atoms with Gasteiger partial charge in [-0.25, -0.2) is 14.3 Å². The number of rotatable bonds is 5. The standard InChI is InChI=1S/C27H32N8O2.C2HF3O2/c1-16-8-17(6-7-18(16)11-28-25(36)24-31-26(37-32-24)27(2,3)4)23-22-10-21(14-35(22)30-15-29-23)34-12-19-9-20(13-34)33(19)5;3-2(4,5)1(6)7/h6-8,10,14-15,19-20H,9,11-13H2,1-5H3,(H,28,36);(H,6,7). The number of hydrogen-bond acceptors (Lipinski definition) is 9. The van der Waals surface area contributed by atoms with Crippen LogP contribution >= 0.6 is 0 Å². The van der Waals surface area contributed by atoms with Gasteiger partial charge in [-0.05, 0) is 43.7 Å². The zero-order chi connectivity index (χ0) is 32.0. The Morgan fingerprint density at radius 2 is 1.82 bits per heavy atom. The van der Waals surface area contributed by atoms with Gasteiger partial charge in [0.05, 0.1) is 23.1 Å². The Morgan fingerprint density at radius 1 is 1.14 bits per heavy atom. The summed E-state index contributed by atoms with van der Waals surface area (Å²) in [6.07, 6.45) is -0.0800. The summed E-state index contributed by atoms with van der Waals surface area (Å²) in [5.74, 6) is -2.63. The number of aromatic nitrogens is 5. The number of nitrogens with one attached hydrogen (secondary N) is 1. The summed E-state index contributed by atoms with van der Waals surface area (Å²) in [6, 6.07) is 9.65. The zero-order valence-corrected chi connectivity index (χ0v) is 24.9. The molecule has 15 heteroatoms. The molecule has 2 N–H and O–H groups in total. The molecule has 7 rings (SSSR count). The lowest BCUT2D eigenvalue weighted by atomic mass is 9.88. The van der Waals surface area contributed by atoms with Gasteiger partial charge in [0.1, 0.15) is 6.33 Å². The first kappa shape index (κ1) is 30.9. The topological polar surface area (TPSA) is 142 Å². The molecule has 0 spiro atoms. The summed E-state index contributed by atoms with van der Waals surface area (Å²) in [5, 5.41) is 18.3. The van der Waals surface area contributed by atoms with Crippen molar-refractivity contribution in [1.82, 2.24) is 35.0 Å². The van der Waals surface area contributed by atoms with Crippen molar-refractivity contribution in [2.24, 2.45) is 0 Å². The van der Waals surface area contributed by atoms with Crippen molar-refractivity contribution in [2.45, 2.75) is 64.3 Å².